The van der Waals surface area contributed by atoms with Gasteiger partial charge < -0.3 is 4.74 Å². The molecule has 1 aromatic heterocycles. The molecule has 0 amide bonds. The Bertz CT molecular complexity index is 649. The van der Waals surface area contributed by atoms with Gasteiger partial charge in [0.2, 0.25) is 5.78 Å². The van der Waals surface area contributed by atoms with E-state index in [1.807, 2.05) is 5.38 Å². The second-order valence-electron chi connectivity index (χ2n) is 4.35. The highest BCUT2D eigenvalue weighted by Gasteiger charge is 2.15. The normalized spacial score (nSPS) is 10.3. The average Bonchev–Trinajstić information content (AvgIpc) is 2.92. The number of carbonyl (C=O) groups is 1. The molecular weight excluding hydrogens is 278 g/mol. The van der Waals surface area contributed by atoms with E-state index < -0.39 is 4.92 Å². The third-order valence-corrected chi connectivity index (χ3v) is 3.76. The van der Waals surface area contributed by atoms with Gasteiger partial charge in [0.15, 0.2) is 6.61 Å². The monoisotopic (exact) mass is 291 g/mol. The minimum Gasteiger partial charge on any atom is -0.485 e. The van der Waals surface area contributed by atoms with Crippen LogP contribution in [-0.2, 0) is 0 Å². The Labute approximate surface area is 120 Å². The number of nitro benzene ring substituents is 1. The smallest absolute Gasteiger partial charge is 0.272 e. The SMILES string of the molecule is Cc1cc([N+](=O)[O-])c(C)cc1OCC(=O)c1cccs1. The summed E-state index contributed by atoms with van der Waals surface area (Å²) in [4.78, 5) is 22.9. The molecule has 5 nitrogen and oxygen atoms in total. The summed E-state index contributed by atoms with van der Waals surface area (Å²) < 4.78 is 5.47. The van der Waals surface area contributed by atoms with Crippen molar-refractivity contribution >= 4 is 22.8 Å². The maximum Gasteiger partial charge on any atom is 0.272 e. The van der Waals surface area contributed by atoms with Gasteiger partial charge >= 0.3 is 0 Å². The van der Waals surface area contributed by atoms with Gasteiger partial charge in [-0.2, -0.15) is 0 Å². The van der Waals surface area contributed by atoms with Gasteiger partial charge in [-0.1, -0.05) is 6.07 Å². The largest absolute Gasteiger partial charge is 0.485 e. The summed E-state index contributed by atoms with van der Waals surface area (Å²) in [5.74, 6) is 0.397. The lowest BCUT2D eigenvalue weighted by Gasteiger charge is -2.09. The van der Waals surface area contributed by atoms with E-state index in [9.17, 15) is 14.9 Å². The van der Waals surface area contributed by atoms with Gasteiger partial charge in [0.25, 0.3) is 5.69 Å². The van der Waals surface area contributed by atoms with Crippen LogP contribution in [0.25, 0.3) is 0 Å². The van der Waals surface area contributed by atoms with Crippen molar-refractivity contribution < 1.29 is 14.5 Å². The zero-order valence-electron chi connectivity index (χ0n) is 11.1. The first-order valence-corrected chi connectivity index (χ1v) is 6.82. The standard InChI is InChI=1S/C14H13NO4S/c1-9-7-13(10(2)6-11(9)15(17)18)19-8-12(16)14-4-3-5-20-14/h3-7H,8H2,1-2H3. The van der Waals surface area contributed by atoms with Gasteiger partial charge in [-0.15, -0.1) is 11.3 Å². The molecular formula is C14H13NO4S. The highest BCUT2D eigenvalue weighted by Crippen LogP contribution is 2.27. The third kappa shape index (κ3) is 3.03. The quantitative estimate of drug-likeness (QED) is 0.480. The molecule has 0 aliphatic heterocycles. The number of Topliss-reactive ketones (excluding diaryl/α,β-unsaturated/α-hetero) is 1. The predicted octanol–water partition coefficient (Wildman–Crippen LogP) is 3.53. The fraction of sp³-hybridized carbons (Fsp3) is 0.214. The van der Waals surface area contributed by atoms with Crippen molar-refractivity contribution in [2.45, 2.75) is 13.8 Å². The lowest BCUT2D eigenvalue weighted by molar-refractivity contribution is -0.385. The average molecular weight is 291 g/mol. The van der Waals surface area contributed by atoms with Crippen LogP contribution in [0.3, 0.4) is 0 Å². The fourth-order valence-electron chi connectivity index (χ4n) is 1.78. The van der Waals surface area contributed by atoms with Gasteiger partial charge in [-0.3, -0.25) is 14.9 Å². The van der Waals surface area contributed by atoms with E-state index in [2.05, 4.69) is 0 Å². The molecule has 0 aliphatic rings. The Kier molecular flexibility index (Phi) is 4.14. The van der Waals surface area contributed by atoms with Crippen LogP contribution in [0.1, 0.15) is 20.8 Å². The molecule has 0 unspecified atom stereocenters. The van der Waals surface area contributed by atoms with Crippen LogP contribution in [0, 0.1) is 24.0 Å². The molecule has 0 saturated carbocycles. The first kappa shape index (κ1) is 14.2. The minimum absolute atomic E-state index is 0.0550. The molecule has 20 heavy (non-hydrogen) atoms. The van der Waals surface area contributed by atoms with Crippen LogP contribution in [0.4, 0.5) is 5.69 Å². The van der Waals surface area contributed by atoms with Gasteiger partial charge in [0.05, 0.1) is 9.80 Å². The molecule has 6 heteroatoms. The van der Waals surface area contributed by atoms with Crippen molar-refractivity contribution in [3.63, 3.8) is 0 Å². The number of nitrogens with zero attached hydrogens (tertiary/aromatic N) is 1. The van der Waals surface area contributed by atoms with Gasteiger partial charge in [0, 0.05) is 11.6 Å². The zero-order chi connectivity index (χ0) is 14.7. The molecule has 2 rings (SSSR count). The molecule has 1 heterocycles. The Hall–Kier alpha value is -2.21. The van der Waals surface area contributed by atoms with E-state index in [1.165, 1.54) is 17.4 Å². The molecule has 0 atom stereocenters. The number of carbonyl (C=O) groups excluding carboxylic acids is 1. The van der Waals surface area contributed by atoms with Gasteiger partial charge in [-0.25, -0.2) is 0 Å². The molecule has 0 saturated heterocycles. The Morgan fingerprint density at radius 1 is 1.35 bits per heavy atom. The van der Waals surface area contributed by atoms with Gasteiger partial charge in [0.1, 0.15) is 5.75 Å². The first-order valence-electron chi connectivity index (χ1n) is 5.94. The number of ketones is 1. The van der Waals surface area contributed by atoms with Crippen molar-refractivity contribution in [2.75, 3.05) is 6.61 Å². The molecule has 0 radical (unpaired) electrons. The number of nitro groups is 1. The predicted molar refractivity (Wildman–Crippen MR) is 76.7 cm³/mol. The summed E-state index contributed by atoms with van der Waals surface area (Å²) in [6, 6.07) is 6.60. The number of rotatable bonds is 5. The Morgan fingerprint density at radius 2 is 2.10 bits per heavy atom. The number of hydrogen-bond acceptors (Lipinski definition) is 5. The van der Waals surface area contributed by atoms with E-state index in [0.717, 1.165) is 0 Å². The van der Waals surface area contributed by atoms with Gasteiger partial charge in [-0.05, 0) is 36.9 Å². The molecule has 0 N–H and O–H groups in total. The lowest BCUT2D eigenvalue weighted by atomic mass is 10.1. The van der Waals surface area contributed by atoms with Crippen LogP contribution >= 0.6 is 11.3 Å². The fourth-order valence-corrected chi connectivity index (χ4v) is 2.43. The van der Waals surface area contributed by atoms with E-state index in [1.54, 1.807) is 32.0 Å². The van der Waals surface area contributed by atoms with E-state index in [4.69, 9.17) is 4.74 Å². The van der Waals surface area contributed by atoms with Crippen LogP contribution in [-0.4, -0.2) is 17.3 Å². The summed E-state index contributed by atoms with van der Waals surface area (Å²) in [7, 11) is 0. The Morgan fingerprint density at radius 3 is 2.70 bits per heavy atom. The van der Waals surface area contributed by atoms with Crippen LogP contribution < -0.4 is 4.74 Å². The Balaban J connectivity index is 2.12. The second-order valence-corrected chi connectivity index (χ2v) is 5.30. The topological polar surface area (TPSA) is 69.4 Å². The summed E-state index contributed by atoms with van der Waals surface area (Å²) in [5, 5.41) is 12.6. The molecule has 0 aliphatic carbocycles. The number of benzene rings is 1. The van der Waals surface area contributed by atoms with Crippen LogP contribution in [0.5, 0.6) is 5.75 Å². The highest BCUT2D eigenvalue weighted by molar-refractivity contribution is 7.12. The molecule has 0 spiro atoms. The number of ether oxygens (including phenoxy) is 1. The second kappa shape index (κ2) is 5.83. The molecule has 104 valence electrons. The maximum absolute atomic E-state index is 11.8. The van der Waals surface area contributed by atoms with Crippen molar-refractivity contribution in [1.29, 1.82) is 0 Å². The molecule has 0 fully saturated rings. The summed E-state index contributed by atoms with van der Waals surface area (Å²) in [5.41, 5.74) is 1.21. The summed E-state index contributed by atoms with van der Waals surface area (Å²) in [6.45, 7) is 3.29. The maximum atomic E-state index is 11.8. The molecule has 1 aromatic carbocycles. The minimum atomic E-state index is -0.428. The van der Waals surface area contributed by atoms with Crippen molar-refractivity contribution in [2.24, 2.45) is 0 Å². The first-order chi connectivity index (χ1) is 9.49. The highest BCUT2D eigenvalue weighted by atomic mass is 32.1. The number of aryl methyl sites for hydroxylation is 2. The third-order valence-electron chi connectivity index (χ3n) is 2.84. The number of hydrogen-bond donors (Lipinski definition) is 0. The molecule has 2 aromatic rings. The molecule has 0 bridgehead atoms. The van der Waals surface area contributed by atoms with Crippen molar-refractivity contribution in [3.05, 3.63) is 55.8 Å². The van der Waals surface area contributed by atoms with E-state index >= 15 is 0 Å². The van der Waals surface area contributed by atoms with Crippen LogP contribution in [0.15, 0.2) is 29.6 Å². The zero-order valence-corrected chi connectivity index (χ0v) is 11.9. The van der Waals surface area contributed by atoms with Crippen LogP contribution in [0.2, 0.25) is 0 Å². The summed E-state index contributed by atoms with van der Waals surface area (Å²) in [6.07, 6.45) is 0. The summed E-state index contributed by atoms with van der Waals surface area (Å²) >= 11 is 1.36. The van der Waals surface area contributed by atoms with E-state index in [0.29, 0.717) is 21.8 Å². The lowest BCUT2D eigenvalue weighted by Crippen LogP contribution is -2.11. The van der Waals surface area contributed by atoms with E-state index in [-0.39, 0.29) is 18.1 Å². The number of thiophene rings is 1. The van der Waals surface area contributed by atoms with Crippen molar-refractivity contribution in [1.82, 2.24) is 0 Å². The van der Waals surface area contributed by atoms with Crippen molar-refractivity contribution in [3.8, 4) is 5.75 Å².